The third-order valence-corrected chi connectivity index (χ3v) is 2.73. The molecule has 0 aliphatic rings. The lowest BCUT2D eigenvalue weighted by Gasteiger charge is -2.13. The maximum atomic E-state index is 11.7. The summed E-state index contributed by atoms with van der Waals surface area (Å²) >= 11 is 0. The molecule has 0 unspecified atom stereocenters. The van der Waals surface area contributed by atoms with E-state index < -0.39 is 12.0 Å². The third kappa shape index (κ3) is 5.94. The molecule has 0 saturated heterocycles. The molecule has 6 heteroatoms. The van der Waals surface area contributed by atoms with E-state index in [1.807, 2.05) is 6.92 Å². The van der Waals surface area contributed by atoms with Crippen LogP contribution >= 0.6 is 0 Å². The molecule has 0 radical (unpaired) electrons. The Morgan fingerprint density at radius 1 is 1.47 bits per heavy atom. The molecule has 0 bridgehead atoms. The van der Waals surface area contributed by atoms with Crippen molar-refractivity contribution < 1.29 is 14.7 Å². The van der Waals surface area contributed by atoms with Gasteiger partial charge in [0.05, 0.1) is 0 Å². The molecule has 0 fully saturated rings. The number of amides is 1. The number of nitrogens with one attached hydrogen (secondary N) is 1. The maximum Gasteiger partial charge on any atom is 0.326 e. The van der Waals surface area contributed by atoms with Crippen LogP contribution in [0.1, 0.15) is 38.3 Å². The zero-order valence-electron chi connectivity index (χ0n) is 11.0. The van der Waals surface area contributed by atoms with Gasteiger partial charge < -0.3 is 10.4 Å². The lowest BCUT2D eigenvalue weighted by atomic mass is 10.1. The van der Waals surface area contributed by atoms with Crippen LogP contribution in [0, 0.1) is 0 Å². The minimum absolute atomic E-state index is 0.229. The first-order valence-electron chi connectivity index (χ1n) is 6.40. The topological polar surface area (TPSA) is 92.2 Å². The molecule has 0 aromatic carbocycles. The smallest absolute Gasteiger partial charge is 0.326 e. The Balaban J connectivity index is 2.38. The number of aliphatic carboxylic acids is 1. The molecular weight excluding hydrogens is 246 g/mol. The van der Waals surface area contributed by atoms with Gasteiger partial charge in [0.1, 0.15) is 12.4 Å². The van der Waals surface area contributed by atoms with E-state index >= 15 is 0 Å². The molecule has 1 heterocycles. The first kappa shape index (κ1) is 15.1. The van der Waals surface area contributed by atoms with Gasteiger partial charge in [-0.25, -0.2) is 14.8 Å². The van der Waals surface area contributed by atoms with E-state index in [1.54, 1.807) is 12.3 Å². The van der Waals surface area contributed by atoms with Gasteiger partial charge in [-0.05, 0) is 18.9 Å². The van der Waals surface area contributed by atoms with Crippen molar-refractivity contribution in [2.45, 2.75) is 45.1 Å². The third-order valence-electron chi connectivity index (χ3n) is 2.73. The van der Waals surface area contributed by atoms with Gasteiger partial charge in [-0.2, -0.15) is 0 Å². The number of hydrogen-bond acceptors (Lipinski definition) is 4. The Morgan fingerprint density at radius 2 is 2.26 bits per heavy atom. The molecule has 2 N–H and O–H groups in total. The van der Waals surface area contributed by atoms with E-state index in [0.29, 0.717) is 12.8 Å². The summed E-state index contributed by atoms with van der Waals surface area (Å²) < 4.78 is 0. The molecule has 0 aliphatic heterocycles. The van der Waals surface area contributed by atoms with E-state index in [1.165, 1.54) is 6.33 Å². The Bertz CT molecular complexity index is 409. The number of carboxylic acids is 1. The SMILES string of the molecule is CCCC[C@H](NC(=O)CCc1ccncn1)C(=O)O. The van der Waals surface area contributed by atoms with Crippen molar-refractivity contribution in [1.29, 1.82) is 0 Å². The first-order chi connectivity index (χ1) is 9.13. The van der Waals surface area contributed by atoms with Crippen molar-refractivity contribution in [3.05, 3.63) is 24.3 Å². The van der Waals surface area contributed by atoms with Crippen molar-refractivity contribution in [3.63, 3.8) is 0 Å². The normalized spacial score (nSPS) is 11.8. The van der Waals surface area contributed by atoms with Crippen LogP contribution in [0.2, 0.25) is 0 Å². The molecule has 1 amide bonds. The molecule has 1 rings (SSSR count). The fraction of sp³-hybridized carbons (Fsp3) is 0.538. The second-order valence-corrected chi connectivity index (χ2v) is 4.30. The molecule has 1 aromatic heterocycles. The fourth-order valence-electron chi connectivity index (χ4n) is 1.64. The summed E-state index contributed by atoms with van der Waals surface area (Å²) in [5.74, 6) is -1.24. The van der Waals surface area contributed by atoms with E-state index in [0.717, 1.165) is 18.5 Å². The summed E-state index contributed by atoms with van der Waals surface area (Å²) in [6.45, 7) is 1.98. The zero-order valence-corrected chi connectivity index (χ0v) is 11.0. The highest BCUT2D eigenvalue weighted by Gasteiger charge is 2.18. The average molecular weight is 265 g/mol. The number of hydrogen-bond donors (Lipinski definition) is 2. The van der Waals surface area contributed by atoms with E-state index in [-0.39, 0.29) is 12.3 Å². The highest BCUT2D eigenvalue weighted by molar-refractivity contribution is 5.83. The molecule has 6 nitrogen and oxygen atoms in total. The lowest BCUT2D eigenvalue weighted by molar-refractivity contribution is -0.142. The first-order valence-corrected chi connectivity index (χ1v) is 6.40. The molecular formula is C13H19N3O3. The van der Waals surface area contributed by atoms with Crippen molar-refractivity contribution in [2.75, 3.05) is 0 Å². The molecule has 19 heavy (non-hydrogen) atoms. The summed E-state index contributed by atoms with van der Waals surface area (Å²) in [4.78, 5) is 30.5. The van der Waals surface area contributed by atoms with Crippen LogP contribution in [-0.4, -0.2) is 33.0 Å². The van der Waals surface area contributed by atoms with Gasteiger partial charge in [0.25, 0.3) is 0 Å². The number of carbonyl (C=O) groups excluding carboxylic acids is 1. The van der Waals surface area contributed by atoms with Crippen LogP contribution in [0.25, 0.3) is 0 Å². The lowest BCUT2D eigenvalue weighted by Crippen LogP contribution is -2.40. The van der Waals surface area contributed by atoms with Gasteiger partial charge in [-0.1, -0.05) is 19.8 Å². The summed E-state index contributed by atoms with van der Waals surface area (Å²) in [6, 6.07) is 0.942. The van der Waals surface area contributed by atoms with Crippen LogP contribution in [0.3, 0.4) is 0 Å². The number of carboxylic acid groups (broad SMARTS) is 1. The van der Waals surface area contributed by atoms with Gasteiger partial charge in [0.2, 0.25) is 5.91 Å². The van der Waals surface area contributed by atoms with Crippen molar-refractivity contribution in [2.24, 2.45) is 0 Å². The van der Waals surface area contributed by atoms with Crippen molar-refractivity contribution >= 4 is 11.9 Å². The maximum absolute atomic E-state index is 11.7. The van der Waals surface area contributed by atoms with Gasteiger partial charge in [-0.3, -0.25) is 4.79 Å². The van der Waals surface area contributed by atoms with Crippen LogP contribution in [-0.2, 0) is 16.0 Å². The minimum atomic E-state index is -0.983. The van der Waals surface area contributed by atoms with Gasteiger partial charge in [-0.15, -0.1) is 0 Å². The van der Waals surface area contributed by atoms with Crippen LogP contribution in [0.5, 0.6) is 0 Å². The van der Waals surface area contributed by atoms with Crippen molar-refractivity contribution in [3.8, 4) is 0 Å². The average Bonchev–Trinajstić information content (AvgIpc) is 2.42. The van der Waals surface area contributed by atoms with Crippen LogP contribution in [0.4, 0.5) is 0 Å². The number of rotatable bonds is 8. The Labute approximate surface area is 112 Å². The quantitative estimate of drug-likeness (QED) is 0.736. The van der Waals surface area contributed by atoms with Crippen LogP contribution in [0.15, 0.2) is 18.6 Å². The number of aromatic nitrogens is 2. The van der Waals surface area contributed by atoms with Crippen molar-refractivity contribution in [1.82, 2.24) is 15.3 Å². The number of carbonyl (C=O) groups is 2. The predicted octanol–water partition coefficient (Wildman–Crippen LogP) is 1.17. The summed E-state index contributed by atoms with van der Waals surface area (Å²) in [5.41, 5.74) is 0.769. The summed E-state index contributed by atoms with van der Waals surface area (Å²) in [6.07, 6.45) is 5.90. The fourth-order valence-corrected chi connectivity index (χ4v) is 1.64. The number of nitrogens with zero attached hydrogens (tertiary/aromatic N) is 2. The number of aryl methyl sites for hydroxylation is 1. The van der Waals surface area contributed by atoms with E-state index in [2.05, 4.69) is 15.3 Å². The molecule has 0 aliphatic carbocycles. The van der Waals surface area contributed by atoms with Gasteiger partial charge in [0.15, 0.2) is 0 Å². The Hall–Kier alpha value is -1.98. The Kier molecular flexibility index (Phi) is 6.49. The minimum Gasteiger partial charge on any atom is -0.480 e. The van der Waals surface area contributed by atoms with Gasteiger partial charge in [0, 0.05) is 18.3 Å². The van der Waals surface area contributed by atoms with Crippen LogP contribution < -0.4 is 5.32 Å². The summed E-state index contributed by atoms with van der Waals surface area (Å²) in [7, 11) is 0. The molecule has 1 atom stereocenters. The highest BCUT2D eigenvalue weighted by Crippen LogP contribution is 2.03. The molecule has 1 aromatic rings. The number of unbranched alkanes of at least 4 members (excludes halogenated alkanes) is 1. The second kappa shape index (κ2) is 8.18. The van der Waals surface area contributed by atoms with E-state index in [4.69, 9.17) is 5.11 Å². The molecule has 0 spiro atoms. The second-order valence-electron chi connectivity index (χ2n) is 4.30. The van der Waals surface area contributed by atoms with E-state index in [9.17, 15) is 9.59 Å². The zero-order chi connectivity index (χ0) is 14.1. The summed E-state index contributed by atoms with van der Waals surface area (Å²) in [5, 5.41) is 11.5. The highest BCUT2D eigenvalue weighted by atomic mass is 16.4. The molecule has 0 saturated carbocycles. The molecule has 104 valence electrons. The largest absolute Gasteiger partial charge is 0.480 e. The van der Waals surface area contributed by atoms with Gasteiger partial charge >= 0.3 is 5.97 Å². The monoisotopic (exact) mass is 265 g/mol. The Morgan fingerprint density at radius 3 is 2.84 bits per heavy atom. The standard InChI is InChI=1S/C13H19N3O3/c1-2-3-4-11(13(18)19)16-12(17)6-5-10-7-8-14-9-15-10/h7-9,11H,2-6H2,1H3,(H,16,17)(H,18,19)/t11-/m0/s1. The predicted molar refractivity (Wildman–Crippen MR) is 69.4 cm³/mol.